The molecule has 0 saturated heterocycles. The van der Waals surface area contributed by atoms with Crippen LogP contribution in [0.2, 0.25) is 0 Å². The fourth-order valence-corrected chi connectivity index (χ4v) is 4.86. The highest BCUT2D eigenvalue weighted by atomic mass is 16.5. The van der Waals surface area contributed by atoms with Gasteiger partial charge in [-0.2, -0.15) is 0 Å². The lowest BCUT2D eigenvalue weighted by atomic mass is 10.1. The zero-order valence-corrected chi connectivity index (χ0v) is 23.5. The van der Waals surface area contributed by atoms with Crippen LogP contribution in [0, 0.1) is 13.8 Å². The summed E-state index contributed by atoms with van der Waals surface area (Å²) in [7, 11) is 1.60. The van der Waals surface area contributed by atoms with Crippen LogP contribution in [0.25, 0.3) is 16.6 Å². The van der Waals surface area contributed by atoms with Gasteiger partial charge in [0.25, 0.3) is 5.56 Å². The number of rotatable bonds is 10. The highest BCUT2D eigenvalue weighted by Crippen LogP contribution is 2.28. The average Bonchev–Trinajstić information content (AvgIpc) is 2.94. The lowest BCUT2D eigenvalue weighted by Crippen LogP contribution is -2.41. The van der Waals surface area contributed by atoms with Gasteiger partial charge in [0.1, 0.15) is 11.6 Å². The van der Waals surface area contributed by atoms with E-state index in [1.165, 1.54) is 0 Å². The van der Waals surface area contributed by atoms with Crippen LogP contribution in [0.15, 0.2) is 71.5 Å². The molecule has 2 amide bonds. The number of nitrogens with one attached hydrogen (secondary N) is 1. The molecule has 1 aromatic heterocycles. The molecule has 4 rings (SSSR count). The molecular weight excluding hydrogens is 488 g/mol. The molecule has 1 atom stereocenters. The van der Waals surface area contributed by atoms with Gasteiger partial charge in [-0.05, 0) is 74.2 Å². The second-order valence-electron chi connectivity index (χ2n) is 9.88. The van der Waals surface area contributed by atoms with E-state index in [0.717, 1.165) is 36.1 Å². The molecule has 0 aliphatic heterocycles. The fourth-order valence-electron chi connectivity index (χ4n) is 4.86. The maximum atomic E-state index is 14.0. The predicted octanol–water partition coefficient (Wildman–Crippen LogP) is 7.19. The Hall–Kier alpha value is -4.13. The third-order valence-corrected chi connectivity index (χ3v) is 7.20. The number of urea groups is 1. The van der Waals surface area contributed by atoms with Crippen LogP contribution in [-0.2, 0) is 0 Å². The molecule has 1 unspecified atom stereocenters. The zero-order valence-electron chi connectivity index (χ0n) is 23.5. The maximum Gasteiger partial charge on any atom is 0.322 e. The van der Waals surface area contributed by atoms with E-state index in [9.17, 15) is 9.59 Å². The Balaban J connectivity index is 1.86. The number of benzene rings is 3. The second-order valence-corrected chi connectivity index (χ2v) is 9.88. The highest BCUT2D eigenvalue weighted by molar-refractivity contribution is 5.90. The van der Waals surface area contributed by atoms with Gasteiger partial charge >= 0.3 is 6.03 Å². The van der Waals surface area contributed by atoms with Gasteiger partial charge in [0.2, 0.25) is 0 Å². The van der Waals surface area contributed by atoms with Crippen LogP contribution in [0.1, 0.15) is 62.5 Å². The Morgan fingerprint density at radius 3 is 2.51 bits per heavy atom. The zero-order chi connectivity index (χ0) is 27.9. The smallest absolute Gasteiger partial charge is 0.322 e. The molecule has 3 aromatic carbocycles. The molecule has 1 N–H and O–H groups in total. The van der Waals surface area contributed by atoms with Crippen LogP contribution < -0.4 is 15.6 Å². The maximum absolute atomic E-state index is 14.0. The summed E-state index contributed by atoms with van der Waals surface area (Å²) < 4.78 is 7.03. The summed E-state index contributed by atoms with van der Waals surface area (Å²) in [4.78, 5) is 34.7. The minimum Gasteiger partial charge on any atom is -0.497 e. The minimum atomic E-state index is -0.425. The Morgan fingerprint density at radius 2 is 1.79 bits per heavy atom. The first-order valence-electron chi connectivity index (χ1n) is 13.7. The number of aromatic nitrogens is 2. The third-order valence-electron chi connectivity index (χ3n) is 7.20. The van der Waals surface area contributed by atoms with Gasteiger partial charge in [0.15, 0.2) is 0 Å². The average molecular weight is 527 g/mol. The highest BCUT2D eigenvalue weighted by Gasteiger charge is 2.29. The number of hydrogen-bond donors (Lipinski definition) is 1. The van der Waals surface area contributed by atoms with E-state index in [2.05, 4.69) is 19.2 Å². The monoisotopic (exact) mass is 526 g/mol. The quantitative estimate of drug-likeness (QED) is 0.222. The van der Waals surface area contributed by atoms with Gasteiger partial charge < -0.3 is 15.0 Å². The number of anilines is 1. The number of fused-ring (bicyclic) bond motifs is 1. The van der Waals surface area contributed by atoms with E-state index in [4.69, 9.17) is 9.72 Å². The largest absolute Gasteiger partial charge is 0.497 e. The number of hydrogen-bond acceptors (Lipinski definition) is 4. The molecule has 39 heavy (non-hydrogen) atoms. The van der Waals surface area contributed by atoms with Crippen molar-refractivity contribution in [1.29, 1.82) is 0 Å². The second kappa shape index (κ2) is 12.6. The normalized spacial score (nSPS) is 11.8. The van der Waals surface area contributed by atoms with Crippen molar-refractivity contribution < 1.29 is 9.53 Å². The first-order chi connectivity index (χ1) is 18.9. The number of para-hydroxylation sites is 1. The van der Waals surface area contributed by atoms with E-state index < -0.39 is 6.04 Å². The number of carbonyl (C=O) groups excluding carboxylic acids is 1. The van der Waals surface area contributed by atoms with Gasteiger partial charge in [-0.1, -0.05) is 51.0 Å². The molecule has 0 saturated carbocycles. The SMILES string of the molecule is CCCCCN(C(=O)Nc1cccc(OC)c1)C(CC)c1nc2ccccc2c(=O)n1-c1ccc(C)c(C)c1. The number of ether oxygens (including phenoxy) is 1. The Labute approximate surface area is 230 Å². The predicted molar refractivity (Wildman–Crippen MR) is 158 cm³/mol. The van der Waals surface area contributed by atoms with Crippen molar-refractivity contribution in [1.82, 2.24) is 14.5 Å². The van der Waals surface area contributed by atoms with Crippen LogP contribution in [0.4, 0.5) is 10.5 Å². The number of unbranched alkanes of at least 4 members (excludes halogenated alkanes) is 2. The summed E-state index contributed by atoms with van der Waals surface area (Å²) in [5.74, 6) is 1.22. The minimum absolute atomic E-state index is 0.140. The van der Waals surface area contributed by atoms with Gasteiger partial charge in [-0.25, -0.2) is 9.78 Å². The van der Waals surface area contributed by atoms with Crippen molar-refractivity contribution in [2.24, 2.45) is 0 Å². The van der Waals surface area contributed by atoms with Gasteiger partial charge in [0, 0.05) is 18.3 Å². The number of nitrogens with zero attached hydrogens (tertiary/aromatic N) is 3. The first-order valence-corrected chi connectivity index (χ1v) is 13.7. The summed E-state index contributed by atoms with van der Waals surface area (Å²) in [6.45, 7) is 8.79. The van der Waals surface area contributed by atoms with E-state index in [1.807, 2.05) is 79.4 Å². The summed E-state index contributed by atoms with van der Waals surface area (Å²) in [5, 5.41) is 3.60. The lowest BCUT2D eigenvalue weighted by molar-refractivity contribution is 0.179. The number of methoxy groups -OCH3 is 1. The fraction of sp³-hybridized carbons (Fsp3) is 0.344. The molecule has 0 aliphatic rings. The van der Waals surface area contributed by atoms with Crippen LogP contribution in [0.3, 0.4) is 0 Å². The van der Waals surface area contributed by atoms with Gasteiger partial charge in [-0.15, -0.1) is 0 Å². The molecule has 204 valence electrons. The summed E-state index contributed by atoms with van der Waals surface area (Å²) in [5.41, 5.74) is 4.11. The van der Waals surface area contributed by atoms with Crippen molar-refractivity contribution in [2.45, 2.75) is 59.4 Å². The van der Waals surface area contributed by atoms with Crippen molar-refractivity contribution in [3.05, 3.63) is 94.0 Å². The summed E-state index contributed by atoms with van der Waals surface area (Å²) in [6.07, 6.45) is 3.46. The van der Waals surface area contributed by atoms with Crippen molar-refractivity contribution >= 4 is 22.6 Å². The standard InChI is InChI=1S/C32H38N4O3/c1-6-8-11-19-35(32(38)33-24-13-12-14-26(21-24)39-5)29(7-2)30-34-28-16-10-9-15-27(28)31(37)36(30)25-18-17-22(3)23(4)20-25/h9-10,12-18,20-21,29H,6-8,11,19H2,1-5H3,(H,33,38). The third kappa shape index (κ3) is 6.14. The van der Waals surface area contributed by atoms with E-state index in [0.29, 0.717) is 41.1 Å². The Bertz CT molecular complexity index is 1510. The molecule has 0 fully saturated rings. The topological polar surface area (TPSA) is 76.5 Å². The lowest BCUT2D eigenvalue weighted by Gasteiger charge is -2.32. The van der Waals surface area contributed by atoms with Crippen molar-refractivity contribution in [2.75, 3.05) is 19.0 Å². The summed E-state index contributed by atoms with van der Waals surface area (Å²) >= 11 is 0. The van der Waals surface area contributed by atoms with Crippen molar-refractivity contribution in [3.8, 4) is 11.4 Å². The van der Waals surface area contributed by atoms with E-state index in [-0.39, 0.29) is 11.6 Å². The van der Waals surface area contributed by atoms with Gasteiger partial charge in [0.05, 0.1) is 29.7 Å². The van der Waals surface area contributed by atoms with Gasteiger partial charge in [-0.3, -0.25) is 9.36 Å². The Morgan fingerprint density at radius 1 is 1.00 bits per heavy atom. The van der Waals surface area contributed by atoms with E-state index in [1.54, 1.807) is 17.7 Å². The molecule has 1 heterocycles. The molecule has 0 radical (unpaired) electrons. The molecule has 0 aliphatic carbocycles. The molecular formula is C32H38N4O3. The van der Waals surface area contributed by atoms with E-state index >= 15 is 0 Å². The van der Waals surface area contributed by atoms with Crippen LogP contribution >= 0.6 is 0 Å². The molecule has 4 aromatic rings. The molecule has 7 heteroatoms. The summed E-state index contributed by atoms with van der Waals surface area (Å²) in [6, 6.07) is 20.0. The molecule has 0 bridgehead atoms. The van der Waals surface area contributed by atoms with Crippen LogP contribution in [-0.4, -0.2) is 34.1 Å². The number of carbonyl (C=O) groups is 1. The van der Waals surface area contributed by atoms with Crippen molar-refractivity contribution in [3.63, 3.8) is 0 Å². The molecule has 0 spiro atoms. The molecule has 7 nitrogen and oxygen atoms in total. The van der Waals surface area contributed by atoms with Crippen LogP contribution in [0.5, 0.6) is 5.75 Å². The number of amides is 2. The number of aryl methyl sites for hydroxylation is 2. The first kappa shape index (κ1) is 27.9. The Kier molecular flexibility index (Phi) is 9.02.